The summed E-state index contributed by atoms with van der Waals surface area (Å²) in [6.45, 7) is 3.11. The molecule has 1 unspecified atom stereocenters. The number of fused-ring (bicyclic) bond motifs is 1. The number of nitrogens with two attached hydrogens (primary N) is 1. The summed E-state index contributed by atoms with van der Waals surface area (Å²) >= 11 is 1.34. The third-order valence-electron chi connectivity index (χ3n) is 5.09. The van der Waals surface area contributed by atoms with Crippen LogP contribution in [0.4, 0.5) is 22.7 Å². The van der Waals surface area contributed by atoms with Crippen molar-refractivity contribution in [3.63, 3.8) is 0 Å². The van der Waals surface area contributed by atoms with Crippen LogP contribution in [0.3, 0.4) is 0 Å². The Labute approximate surface area is 195 Å². The van der Waals surface area contributed by atoms with Crippen molar-refractivity contribution in [2.75, 3.05) is 5.73 Å². The lowest BCUT2D eigenvalue weighted by molar-refractivity contribution is -0.274. The van der Waals surface area contributed by atoms with Gasteiger partial charge in [-0.2, -0.15) is 0 Å². The van der Waals surface area contributed by atoms with Gasteiger partial charge in [-0.3, -0.25) is 9.78 Å². The maximum Gasteiger partial charge on any atom is 0.573 e. The summed E-state index contributed by atoms with van der Waals surface area (Å²) in [5.74, 6) is -1.91. The Morgan fingerprint density at radius 1 is 1.15 bits per heavy atom. The number of pyridine rings is 1. The smallest absolute Gasteiger partial charge is 0.406 e. The van der Waals surface area contributed by atoms with Gasteiger partial charge in [-0.15, -0.1) is 13.2 Å². The number of nitrogens with one attached hydrogen (secondary N) is 1. The van der Waals surface area contributed by atoms with Crippen molar-refractivity contribution in [1.29, 1.82) is 0 Å². The number of rotatable bonds is 5. The number of nitrogens with zero attached hydrogens (tertiary/aromatic N) is 2. The molecule has 1 amide bonds. The van der Waals surface area contributed by atoms with Gasteiger partial charge in [0, 0.05) is 17.3 Å². The molecule has 0 spiro atoms. The van der Waals surface area contributed by atoms with Gasteiger partial charge in [0.25, 0.3) is 5.91 Å². The molecular weight excluding hydrogens is 472 g/mol. The predicted molar refractivity (Wildman–Crippen MR) is 121 cm³/mol. The number of carbonyl (C=O) groups excluding carboxylic acids is 1. The Kier molecular flexibility index (Phi) is 6.13. The molecule has 0 aliphatic heterocycles. The van der Waals surface area contributed by atoms with Gasteiger partial charge in [0.1, 0.15) is 11.6 Å². The van der Waals surface area contributed by atoms with Gasteiger partial charge in [0.15, 0.2) is 5.13 Å². The summed E-state index contributed by atoms with van der Waals surface area (Å²) in [7, 11) is 0. The maximum absolute atomic E-state index is 14.3. The SMILES string of the molecule is Cc1ncc(-c2ccc3nc(N)sc3c2)cc1C(=O)NC(C)c1cc(OC(F)(F)F)ccc1F. The standard InChI is InChI=1S/C23H18F4N4O2S/c1-11-17(7-14(10-29-11)13-3-6-19-20(8-13)34-22(28)31-19)21(32)30-12(2)16-9-15(4-5-18(16)24)33-23(25,26)27/h3-10,12H,1-2H3,(H2,28,31)(H,30,32). The number of aromatic nitrogens is 2. The number of anilines is 1. The number of amides is 1. The summed E-state index contributed by atoms with van der Waals surface area (Å²) < 4.78 is 56.6. The van der Waals surface area contributed by atoms with Crippen molar-refractivity contribution < 1.29 is 27.1 Å². The minimum absolute atomic E-state index is 0.148. The summed E-state index contributed by atoms with van der Waals surface area (Å²) in [6, 6.07) is 8.88. The Balaban J connectivity index is 1.59. The molecule has 2 aromatic carbocycles. The quantitative estimate of drug-likeness (QED) is 0.346. The highest BCUT2D eigenvalue weighted by molar-refractivity contribution is 7.22. The monoisotopic (exact) mass is 490 g/mol. The van der Waals surface area contributed by atoms with Crippen LogP contribution in [0.1, 0.15) is 34.6 Å². The van der Waals surface area contributed by atoms with E-state index in [4.69, 9.17) is 5.73 Å². The fourth-order valence-electron chi connectivity index (χ4n) is 3.45. The van der Waals surface area contributed by atoms with Gasteiger partial charge in [-0.1, -0.05) is 17.4 Å². The van der Waals surface area contributed by atoms with E-state index in [0.29, 0.717) is 16.4 Å². The number of nitrogen functional groups attached to an aromatic ring is 1. The zero-order valence-corrected chi connectivity index (χ0v) is 18.7. The average molecular weight is 490 g/mol. The Morgan fingerprint density at radius 3 is 2.65 bits per heavy atom. The van der Waals surface area contributed by atoms with Crippen molar-refractivity contribution in [1.82, 2.24) is 15.3 Å². The van der Waals surface area contributed by atoms with Crippen LogP contribution in [-0.2, 0) is 0 Å². The van der Waals surface area contributed by atoms with E-state index in [0.717, 1.165) is 34.0 Å². The van der Waals surface area contributed by atoms with Gasteiger partial charge in [0.2, 0.25) is 0 Å². The summed E-state index contributed by atoms with van der Waals surface area (Å²) in [6.07, 6.45) is -3.29. The second kappa shape index (κ2) is 8.90. The molecule has 4 rings (SSSR count). The van der Waals surface area contributed by atoms with Crippen LogP contribution in [0.15, 0.2) is 48.7 Å². The number of hydrogen-bond acceptors (Lipinski definition) is 6. The number of carbonyl (C=O) groups is 1. The van der Waals surface area contributed by atoms with Crippen LogP contribution in [0.5, 0.6) is 5.75 Å². The first kappa shape index (κ1) is 23.4. The number of halogens is 4. The van der Waals surface area contributed by atoms with E-state index in [2.05, 4.69) is 20.0 Å². The molecule has 11 heteroatoms. The Morgan fingerprint density at radius 2 is 1.91 bits per heavy atom. The van der Waals surface area contributed by atoms with Gasteiger partial charge in [-0.25, -0.2) is 9.37 Å². The lowest BCUT2D eigenvalue weighted by Crippen LogP contribution is -2.28. The van der Waals surface area contributed by atoms with Crippen molar-refractivity contribution in [3.05, 3.63) is 71.3 Å². The molecule has 34 heavy (non-hydrogen) atoms. The lowest BCUT2D eigenvalue weighted by Gasteiger charge is -2.18. The normalized spacial score (nSPS) is 12.5. The van der Waals surface area contributed by atoms with Crippen molar-refractivity contribution in [3.8, 4) is 16.9 Å². The minimum Gasteiger partial charge on any atom is -0.406 e. The van der Waals surface area contributed by atoms with E-state index in [1.165, 1.54) is 18.3 Å². The molecule has 0 aliphatic carbocycles. The largest absolute Gasteiger partial charge is 0.573 e. The second-order valence-electron chi connectivity index (χ2n) is 7.52. The topological polar surface area (TPSA) is 90.1 Å². The molecule has 2 heterocycles. The number of ether oxygens (including phenoxy) is 1. The molecule has 0 radical (unpaired) electrons. The average Bonchev–Trinajstić information content (AvgIpc) is 3.13. The molecule has 2 aromatic heterocycles. The number of alkyl halides is 3. The van der Waals surface area contributed by atoms with E-state index in [1.807, 2.05) is 18.2 Å². The first-order valence-electron chi connectivity index (χ1n) is 9.99. The molecule has 0 saturated heterocycles. The van der Waals surface area contributed by atoms with Crippen LogP contribution in [0, 0.1) is 12.7 Å². The molecular formula is C23H18F4N4O2S. The molecule has 1 atom stereocenters. The van der Waals surface area contributed by atoms with Gasteiger partial charge in [-0.05, 0) is 55.8 Å². The molecule has 0 aliphatic rings. The number of aryl methyl sites for hydroxylation is 1. The van der Waals surface area contributed by atoms with Crippen molar-refractivity contribution in [2.45, 2.75) is 26.3 Å². The van der Waals surface area contributed by atoms with Crippen LogP contribution in [-0.4, -0.2) is 22.2 Å². The molecule has 0 fully saturated rings. The summed E-state index contributed by atoms with van der Waals surface area (Å²) in [5.41, 5.74) is 8.53. The van der Waals surface area contributed by atoms with E-state index >= 15 is 0 Å². The molecule has 6 nitrogen and oxygen atoms in total. The third-order valence-corrected chi connectivity index (χ3v) is 5.93. The van der Waals surface area contributed by atoms with Crippen LogP contribution in [0.25, 0.3) is 21.3 Å². The Hall–Kier alpha value is -3.73. The van der Waals surface area contributed by atoms with Crippen LogP contribution in [0.2, 0.25) is 0 Å². The Bertz CT molecular complexity index is 1390. The lowest BCUT2D eigenvalue weighted by atomic mass is 10.0. The molecule has 0 bridgehead atoms. The van der Waals surface area contributed by atoms with Gasteiger partial charge >= 0.3 is 6.36 Å². The van der Waals surface area contributed by atoms with E-state index < -0.39 is 29.9 Å². The maximum atomic E-state index is 14.3. The van der Waals surface area contributed by atoms with Crippen molar-refractivity contribution in [2.24, 2.45) is 0 Å². The fraction of sp³-hybridized carbons (Fsp3) is 0.174. The highest BCUT2D eigenvalue weighted by Crippen LogP contribution is 2.30. The highest BCUT2D eigenvalue weighted by atomic mass is 32.1. The number of hydrogen-bond donors (Lipinski definition) is 2. The molecule has 0 saturated carbocycles. The zero-order valence-electron chi connectivity index (χ0n) is 17.9. The van der Waals surface area contributed by atoms with Crippen LogP contribution >= 0.6 is 11.3 Å². The molecule has 4 aromatic rings. The second-order valence-corrected chi connectivity index (χ2v) is 8.58. The first-order chi connectivity index (χ1) is 16.0. The van der Waals surface area contributed by atoms with Gasteiger partial charge in [0.05, 0.1) is 27.5 Å². The molecule has 3 N–H and O–H groups in total. The van der Waals surface area contributed by atoms with Crippen molar-refractivity contribution >= 4 is 32.6 Å². The summed E-state index contributed by atoms with van der Waals surface area (Å²) in [5, 5.41) is 3.06. The predicted octanol–water partition coefficient (Wildman–Crippen LogP) is 5.78. The number of benzene rings is 2. The third kappa shape index (κ3) is 5.09. The van der Waals surface area contributed by atoms with Gasteiger partial charge < -0.3 is 15.8 Å². The summed E-state index contributed by atoms with van der Waals surface area (Å²) in [4.78, 5) is 21.5. The zero-order chi connectivity index (χ0) is 24.6. The van der Waals surface area contributed by atoms with E-state index in [-0.39, 0.29) is 11.1 Å². The van der Waals surface area contributed by atoms with E-state index in [1.54, 1.807) is 19.2 Å². The van der Waals surface area contributed by atoms with E-state index in [9.17, 15) is 22.4 Å². The molecule has 176 valence electrons. The van der Waals surface area contributed by atoms with Crippen LogP contribution < -0.4 is 15.8 Å². The highest BCUT2D eigenvalue weighted by Gasteiger charge is 2.31. The number of thiazole rings is 1. The fourth-order valence-corrected chi connectivity index (χ4v) is 4.22. The minimum atomic E-state index is -4.92. The first-order valence-corrected chi connectivity index (χ1v) is 10.8.